The quantitative estimate of drug-likeness (QED) is 0.267. The average Bonchev–Trinajstić information content (AvgIpc) is 2.92. The first-order chi connectivity index (χ1) is 17.2. The molecule has 0 atom stereocenters. The van der Waals surface area contributed by atoms with E-state index in [1.54, 1.807) is 36.5 Å². The minimum absolute atomic E-state index is 0.0807. The lowest BCUT2D eigenvalue weighted by atomic mass is 9.85. The summed E-state index contributed by atoms with van der Waals surface area (Å²) in [5, 5.41) is 15.8. The SMILES string of the molecule is O=C(NN=C(c1ccc2cccc(O)c2n1)C(c1ccccc1)c1ccccc1)c1ccccn1. The minimum atomic E-state index is -0.424. The van der Waals surface area contributed by atoms with Crippen LogP contribution in [0.15, 0.2) is 120 Å². The van der Waals surface area contributed by atoms with Gasteiger partial charge in [0, 0.05) is 11.6 Å². The molecule has 0 saturated heterocycles. The van der Waals surface area contributed by atoms with Crippen molar-refractivity contribution < 1.29 is 9.90 Å². The van der Waals surface area contributed by atoms with Crippen molar-refractivity contribution in [1.82, 2.24) is 15.4 Å². The zero-order valence-electron chi connectivity index (χ0n) is 18.7. The Morgan fingerprint density at radius 1 is 0.743 bits per heavy atom. The summed E-state index contributed by atoms with van der Waals surface area (Å²) in [4.78, 5) is 21.7. The van der Waals surface area contributed by atoms with Crippen LogP contribution < -0.4 is 5.43 Å². The molecule has 1 amide bonds. The van der Waals surface area contributed by atoms with Crippen LogP contribution in [0.2, 0.25) is 0 Å². The Labute approximate surface area is 202 Å². The normalized spacial score (nSPS) is 11.5. The smallest absolute Gasteiger partial charge is 0.289 e. The number of phenols is 1. The number of nitrogens with one attached hydrogen (secondary N) is 1. The Morgan fingerprint density at radius 2 is 1.43 bits per heavy atom. The van der Waals surface area contributed by atoms with Crippen LogP contribution in [0.4, 0.5) is 0 Å². The van der Waals surface area contributed by atoms with Crippen molar-refractivity contribution in [2.24, 2.45) is 5.10 Å². The third kappa shape index (κ3) is 4.77. The fourth-order valence-corrected chi connectivity index (χ4v) is 4.01. The average molecular weight is 459 g/mol. The molecule has 0 bridgehead atoms. The summed E-state index contributed by atoms with van der Waals surface area (Å²) in [6, 6.07) is 34.0. The summed E-state index contributed by atoms with van der Waals surface area (Å²) < 4.78 is 0. The van der Waals surface area contributed by atoms with Crippen molar-refractivity contribution in [2.75, 3.05) is 0 Å². The molecule has 2 heterocycles. The van der Waals surface area contributed by atoms with Crippen LogP contribution in [-0.2, 0) is 0 Å². The molecule has 0 saturated carbocycles. The van der Waals surface area contributed by atoms with Crippen molar-refractivity contribution in [2.45, 2.75) is 5.92 Å². The number of hydrogen-bond acceptors (Lipinski definition) is 5. The molecular formula is C29H22N4O2. The molecule has 0 aliphatic carbocycles. The molecule has 0 aliphatic rings. The number of hydrogen-bond donors (Lipinski definition) is 2. The van der Waals surface area contributed by atoms with E-state index in [0.717, 1.165) is 16.5 Å². The Hall–Kier alpha value is -4.84. The first-order valence-corrected chi connectivity index (χ1v) is 11.2. The zero-order chi connectivity index (χ0) is 24.0. The predicted molar refractivity (Wildman–Crippen MR) is 136 cm³/mol. The van der Waals surface area contributed by atoms with E-state index in [-0.39, 0.29) is 17.4 Å². The maximum atomic E-state index is 12.8. The van der Waals surface area contributed by atoms with E-state index in [4.69, 9.17) is 4.98 Å². The number of pyridine rings is 2. The molecule has 3 aromatic carbocycles. The fraction of sp³-hybridized carbons (Fsp3) is 0.0345. The number of para-hydroxylation sites is 1. The molecule has 0 radical (unpaired) electrons. The van der Waals surface area contributed by atoms with Gasteiger partial charge >= 0.3 is 0 Å². The first kappa shape index (κ1) is 22.0. The lowest BCUT2D eigenvalue weighted by molar-refractivity contribution is 0.0950. The molecule has 0 spiro atoms. The number of carbonyl (C=O) groups excluding carboxylic acids is 1. The van der Waals surface area contributed by atoms with Crippen LogP contribution in [0.3, 0.4) is 0 Å². The minimum Gasteiger partial charge on any atom is -0.506 e. The van der Waals surface area contributed by atoms with E-state index >= 15 is 0 Å². The zero-order valence-corrected chi connectivity index (χ0v) is 18.7. The number of aromatic nitrogens is 2. The molecule has 6 nitrogen and oxygen atoms in total. The van der Waals surface area contributed by atoms with Crippen LogP contribution >= 0.6 is 0 Å². The number of fused-ring (bicyclic) bond motifs is 1. The number of hydrazone groups is 1. The number of aromatic hydroxyl groups is 1. The summed E-state index contributed by atoms with van der Waals surface area (Å²) >= 11 is 0. The number of rotatable bonds is 6. The molecule has 6 heteroatoms. The van der Waals surface area contributed by atoms with Gasteiger partial charge in [-0.2, -0.15) is 5.10 Å². The number of carbonyl (C=O) groups is 1. The molecule has 0 fully saturated rings. The van der Waals surface area contributed by atoms with E-state index in [9.17, 15) is 9.90 Å². The Balaban J connectivity index is 1.68. The molecular weight excluding hydrogens is 436 g/mol. The molecule has 0 unspecified atom stereocenters. The Kier molecular flexibility index (Phi) is 6.26. The van der Waals surface area contributed by atoms with Crippen molar-refractivity contribution in [3.05, 3.63) is 138 Å². The van der Waals surface area contributed by atoms with E-state index in [0.29, 0.717) is 16.9 Å². The molecule has 2 N–H and O–H groups in total. The van der Waals surface area contributed by atoms with Gasteiger partial charge in [-0.15, -0.1) is 0 Å². The van der Waals surface area contributed by atoms with Crippen molar-refractivity contribution in [3.8, 4) is 5.75 Å². The first-order valence-electron chi connectivity index (χ1n) is 11.2. The highest BCUT2D eigenvalue weighted by atomic mass is 16.3. The third-order valence-electron chi connectivity index (χ3n) is 5.68. The van der Waals surface area contributed by atoms with Gasteiger partial charge in [-0.3, -0.25) is 9.78 Å². The fourth-order valence-electron chi connectivity index (χ4n) is 4.01. The maximum Gasteiger partial charge on any atom is 0.289 e. The van der Waals surface area contributed by atoms with Crippen LogP contribution in [0, 0.1) is 0 Å². The van der Waals surface area contributed by atoms with Crippen molar-refractivity contribution >= 4 is 22.5 Å². The highest BCUT2D eigenvalue weighted by Crippen LogP contribution is 2.30. The van der Waals surface area contributed by atoms with Gasteiger partial charge in [-0.1, -0.05) is 84.9 Å². The number of benzene rings is 3. The summed E-state index contributed by atoms with van der Waals surface area (Å²) in [7, 11) is 0. The maximum absolute atomic E-state index is 12.8. The van der Waals surface area contributed by atoms with Gasteiger partial charge in [0.15, 0.2) is 0 Å². The third-order valence-corrected chi connectivity index (χ3v) is 5.68. The highest BCUT2D eigenvalue weighted by molar-refractivity contribution is 6.07. The molecule has 5 aromatic rings. The molecule has 0 aliphatic heterocycles. The van der Waals surface area contributed by atoms with Crippen molar-refractivity contribution in [1.29, 1.82) is 0 Å². The molecule has 35 heavy (non-hydrogen) atoms. The monoisotopic (exact) mass is 458 g/mol. The van der Waals surface area contributed by atoms with Gasteiger partial charge in [-0.25, -0.2) is 10.4 Å². The predicted octanol–water partition coefficient (Wildman–Crippen LogP) is 5.30. The highest BCUT2D eigenvalue weighted by Gasteiger charge is 2.24. The summed E-state index contributed by atoms with van der Waals surface area (Å²) in [6.45, 7) is 0. The van der Waals surface area contributed by atoms with Crippen molar-refractivity contribution in [3.63, 3.8) is 0 Å². The van der Waals surface area contributed by atoms with Gasteiger partial charge in [0.25, 0.3) is 5.91 Å². The van der Waals surface area contributed by atoms with Crippen LogP contribution in [0.25, 0.3) is 10.9 Å². The summed E-state index contributed by atoms with van der Waals surface area (Å²) in [5.41, 5.74) is 6.45. The lowest BCUT2D eigenvalue weighted by Crippen LogP contribution is -2.25. The van der Waals surface area contributed by atoms with E-state index in [2.05, 4.69) is 15.5 Å². The van der Waals surface area contributed by atoms with E-state index in [1.807, 2.05) is 78.9 Å². The molecule has 5 rings (SSSR count). The standard InChI is InChI=1S/C29H22N4O2/c34-25-16-9-14-22-17-18-23(31-27(22)25)28(32-33-29(35)24-15-7-8-19-30-24)26(20-10-3-1-4-11-20)21-12-5-2-6-13-21/h1-19,26,34H,(H,33,35). The topological polar surface area (TPSA) is 87.5 Å². The van der Waals surface area contributed by atoms with E-state index in [1.165, 1.54) is 0 Å². The van der Waals surface area contributed by atoms with Gasteiger partial charge < -0.3 is 5.11 Å². The summed E-state index contributed by atoms with van der Waals surface area (Å²) in [5.74, 6) is -0.666. The second-order valence-corrected chi connectivity index (χ2v) is 7.95. The Bertz CT molecular complexity index is 1450. The number of amides is 1. The van der Waals surface area contributed by atoms with Gasteiger partial charge in [-0.05, 0) is 35.4 Å². The molecule has 170 valence electrons. The lowest BCUT2D eigenvalue weighted by Gasteiger charge is -2.21. The van der Waals surface area contributed by atoms with Gasteiger partial charge in [0.2, 0.25) is 0 Å². The van der Waals surface area contributed by atoms with E-state index < -0.39 is 5.91 Å². The number of phenolic OH excluding ortho intramolecular Hbond substituents is 1. The summed E-state index contributed by atoms with van der Waals surface area (Å²) in [6.07, 6.45) is 1.56. The van der Waals surface area contributed by atoms with Crippen LogP contribution in [0.5, 0.6) is 5.75 Å². The van der Waals surface area contributed by atoms with Gasteiger partial charge in [0.1, 0.15) is 17.0 Å². The number of nitrogens with zero attached hydrogens (tertiary/aromatic N) is 3. The van der Waals surface area contributed by atoms with Gasteiger partial charge in [0.05, 0.1) is 17.3 Å². The second kappa shape index (κ2) is 9.97. The van der Waals surface area contributed by atoms with Crippen LogP contribution in [0.1, 0.15) is 33.2 Å². The Morgan fingerprint density at radius 3 is 2.09 bits per heavy atom. The second-order valence-electron chi connectivity index (χ2n) is 7.95. The van der Waals surface area contributed by atoms with Crippen LogP contribution in [-0.4, -0.2) is 26.7 Å². The largest absolute Gasteiger partial charge is 0.506 e. The molecule has 2 aromatic heterocycles.